The molecule has 1 aromatic rings. The Kier molecular flexibility index (Phi) is 7.12. The SMILES string of the molecule is CCOP(=O)(OCC)C(C)(F)Oc1cc(C(C)(C)C)cc(C(C)(C)C)c1. The fourth-order valence-electron chi connectivity index (χ4n) is 2.40. The normalized spacial score (nSPS) is 15.6. The molecule has 150 valence electrons. The zero-order valence-electron chi connectivity index (χ0n) is 17.6. The van der Waals surface area contributed by atoms with Gasteiger partial charge in [0.25, 0.3) is 0 Å². The van der Waals surface area contributed by atoms with Crippen molar-refractivity contribution < 1.29 is 22.7 Å². The second kappa shape index (κ2) is 8.00. The van der Waals surface area contributed by atoms with Crippen molar-refractivity contribution in [2.75, 3.05) is 13.2 Å². The third kappa shape index (κ3) is 5.55. The van der Waals surface area contributed by atoms with E-state index >= 15 is 4.39 Å². The van der Waals surface area contributed by atoms with Crippen molar-refractivity contribution in [1.82, 2.24) is 0 Å². The lowest BCUT2D eigenvalue weighted by Crippen LogP contribution is -2.29. The first-order valence-corrected chi connectivity index (χ1v) is 10.6. The van der Waals surface area contributed by atoms with E-state index in [4.69, 9.17) is 13.8 Å². The molecular formula is C20H34FO4P. The quantitative estimate of drug-likeness (QED) is 0.496. The van der Waals surface area contributed by atoms with Crippen LogP contribution in [0.5, 0.6) is 5.75 Å². The van der Waals surface area contributed by atoms with Crippen LogP contribution in [0.1, 0.15) is 73.4 Å². The number of hydrogen-bond donors (Lipinski definition) is 0. The molecule has 1 unspecified atom stereocenters. The lowest BCUT2D eigenvalue weighted by Gasteiger charge is -2.31. The molecule has 0 N–H and O–H groups in total. The maximum Gasteiger partial charge on any atom is 0.406 e. The molecule has 6 heteroatoms. The van der Waals surface area contributed by atoms with Gasteiger partial charge in [-0.3, -0.25) is 4.57 Å². The Hall–Kier alpha value is -0.900. The number of halogens is 1. The van der Waals surface area contributed by atoms with E-state index in [0.29, 0.717) is 5.75 Å². The highest BCUT2D eigenvalue weighted by atomic mass is 31.2. The van der Waals surface area contributed by atoms with Gasteiger partial charge in [-0.15, -0.1) is 0 Å². The van der Waals surface area contributed by atoms with Crippen molar-refractivity contribution in [2.24, 2.45) is 0 Å². The van der Waals surface area contributed by atoms with E-state index in [2.05, 4.69) is 47.6 Å². The van der Waals surface area contributed by atoms with Crippen molar-refractivity contribution in [3.63, 3.8) is 0 Å². The first-order chi connectivity index (χ1) is 11.7. The van der Waals surface area contributed by atoms with Crippen LogP contribution in [0, 0.1) is 0 Å². The predicted molar refractivity (Wildman–Crippen MR) is 105 cm³/mol. The molecule has 0 saturated carbocycles. The number of hydrogen-bond acceptors (Lipinski definition) is 4. The summed E-state index contributed by atoms with van der Waals surface area (Å²) in [5.41, 5.74) is -0.854. The second-order valence-electron chi connectivity index (χ2n) is 8.55. The van der Waals surface area contributed by atoms with Gasteiger partial charge in [-0.2, -0.15) is 4.39 Å². The molecule has 1 aromatic carbocycles. The molecule has 26 heavy (non-hydrogen) atoms. The molecule has 0 aliphatic heterocycles. The lowest BCUT2D eigenvalue weighted by molar-refractivity contribution is -0.00190. The van der Waals surface area contributed by atoms with Gasteiger partial charge in [0, 0.05) is 6.92 Å². The van der Waals surface area contributed by atoms with Gasteiger partial charge in [0.2, 0.25) is 0 Å². The Bertz CT molecular complexity index is 615. The van der Waals surface area contributed by atoms with Crippen LogP contribution < -0.4 is 4.74 Å². The molecular weight excluding hydrogens is 354 g/mol. The standard InChI is InChI=1S/C20H34FO4P/c1-10-23-26(22,24-11-2)20(9,21)25-17-13-15(18(3,4)5)12-16(14-17)19(6,7)8/h12-14H,10-11H2,1-9H3. The molecule has 0 amide bonds. The summed E-state index contributed by atoms with van der Waals surface area (Å²) < 4.78 is 44.0. The molecule has 0 fully saturated rings. The van der Waals surface area contributed by atoms with Gasteiger partial charge >= 0.3 is 13.2 Å². The van der Waals surface area contributed by atoms with Crippen LogP contribution in [0.15, 0.2) is 18.2 Å². The molecule has 0 heterocycles. The predicted octanol–water partition coefficient (Wildman–Crippen LogP) is 6.57. The maximum atomic E-state index is 15.3. The van der Waals surface area contributed by atoms with E-state index in [1.807, 2.05) is 0 Å². The zero-order valence-corrected chi connectivity index (χ0v) is 18.5. The van der Waals surface area contributed by atoms with E-state index in [9.17, 15) is 4.57 Å². The summed E-state index contributed by atoms with van der Waals surface area (Å²) in [6, 6.07) is 5.68. The van der Waals surface area contributed by atoms with Crippen LogP contribution >= 0.6 is 7.60 Å². The average molecular weight is 388 g/mol. The number of ether oxygens (including phenoxy) is 1. The third-order valence-corrected chi connectivity index (χ3v) is 6.30. The van der Waals surface area contributed by atoms with Crippen molar-refractivity contribution >= 4 is 7.60 Å². The van der Waals surface area contributed by atoms with Crippen LogP contribution in [0.3, 0.4) is 0 Å². The van der Waals surface area contributed by atoms with Gasteiger partial charge in [-0.25, -0.2) is 0 Å². The Morgan fingerprint density at radius 2 is 1.23 bits per heavy atom. The van der Waals surface area contributed by atoms with Crippen LogP contribution in [0.4, 0.5) is 4.39 Å². The van der Waals surface area contributed by atoms with E-state index in [-0.39, 0.29) is 24.0 Å². The van der Waals surface area contributed by atoms with Gasteiger partial charge in [0.15, 0.2) is 0 Å². The van der Waals surface area contributed by atoms with Crippen LogP contribution in [0.2, 0.25) is 0 Å². The van der Waals surface area contributed by atoms with Gasteiger partial charge in [0.1, 0.15) is 5.75 Å². The molecule has 1 atom stereocenters. The summed E-state index contributed by atoms with van der Waals surface area (Å²) in [5.74, 6) is 0.312. The maximum absolute atomic E-state index is 15.3. The summed E-state index contributed by atoms with van der Waals surface area (Å²) in [7, 11) is -4.09. The van der Waals surface area contributed by atoms with Crippen molar-refractivity contribution in [1.29, 1.82) is 0 Å². The third-order valence-electron chi connectivity index (χ3n) is 4.03. The van der Waals surface area contributed by atoms with E-state index in [1.165, 1.54) is 0 Å². The molecule has 0 saturated heterocycles. The molecule has 0 aliphatic rings. The van der Waals surface area contributed by atoms with Crippen LogP contribution in [0.25, 0.3) is 0 Å². The minimum atomic E-state index is -4.09. The highest BCUT2D eigenvalue weighted by Gasteiger charge is 2.51. The molecule has 0 bridgehead atoms. The van der Waals surface area contributed by atoms with Crippen molar-refractivity contribution in [3.05, 3.63) is 29.3 Å². The summed E-state index contributed by atoms with van der Waals surface area (Å²) in [4.78, 5) is 0. The Morgan fingerprint density at radius 3 is 1.54 bits per heavy atom. The Balaban J connectivity index is 3.40. The summed E-state index contributed by atoms with van der Waals surface area (Å²) >= 11 is 0. The van der Waals surface area contributed by atoms with Gasteiger partial charge in [0.05, 0.1) is 13.2 Å². The molecule has 0 aromatic heterocycles. The van der Waals surface area contributed by atoms with Gasteiger partial charge in [-0.1, -0.05) is 47.6 Å². The topological polar surface area (TPSA) is 44.8 Å². The van der Waals surface area contributed by atoms with E-state index in [1.54, 1.807) is 26.0 Å². The van der Waals surface area contributed by atoms with Crippen LogP contribution in [-0.4, -0.2) is 18.8 Å². The molecule has 1 rings (SSSR count). The first kappa shape index (κ1) is 23.1. The molecule has 0 radical (unpaired) electrons. The highest BCUT2D eigenvalue weighted by Crippen LogP contribution is 2.61. The fraction of sp³-hybridized carbons (Fsp3) is 0.700. The van der Waals surface area contributed by atoms with E-state index in [0.717, 1.165) is 18.1 Å². The Labute approximate surface area is 158 Å². The van der Waals surface area contributed by atoms with Gasteiger partial charge in [-0.05, 0) is 47.9 Å². The van der Waals surface area contributed by atoms with Crippen molar-refractivity contribution in [3.8, 4) is 5.75 Å². The molecule has 0 spiro atoms. The monoisotopic (exact) mass is 388 g/mol. The average Bonchev–Trinajstić information content (AvgIpc) is 2.45. The van der Waals surface area contributed by atoms with Gasteiger partial charge < -0.3 is 13.8 Å². The molecule has 0 aliphatic carbocycles. The molecule has 4 nitrogen and oxygen atoms in total. The number of benzene rings is 1. The lowest BCUT2D eigenvalue weighted by atomic mass is 9.80. The van der Waals surface area contributed by atoms with Crippen LogP contribution in [-0.2, 0) is 24.4 Å². The highest BCUT2D eigenvalue weighted by molar-refractivity contribution is 7.55. The van der Waals surface area contributed by atoms with E-state index < -0.39 is 13.2 Å². The fourth-order valence-corrected chi connectivity index (χ4v) is 3.84. The minimum absolute atomic E-state index is 0.0649. The zero-order chi connectivity index (χ0) is 20.4. The summed E-state index contributed by atoms with van der Waals surface area (Å²) in [6.07, 6.45) is 0. The number of rotatable bonds is 7. The summed E-state index contributed by atoms with van der Waals surface area (Å²) in [6.45, 7) is 17.0. The minimum Gasteiger partial charge on any atom is -0.448 e. The summed E-state index contributed by atoms with van der Waals surface area (Å²) in [5, 5.41) is 0. The van der Waals surface area contributed by atoms with Crippen molar-refractivity contribution in [2.45, 2.75) is 78.7 Å². The largest absolute Gasteiger partial charge is 0.448 e. The second-order valence-corrected chi connectivity index (χ2v) is 10.9. The first-order valence-electron chi connectivity index (χ1n) is 9.09. The number of alkyl halides is 1. The Morgan fingerprint density at radius 1 is 0.846 bits per heavy atom. The smallest absolute Gasteiger partial charge is 0.406 e.